The van der Waals surface area contributed by atoms with Gasteiger partial charge in [0.05, 0.1) is 13.2 Å². The number of ether oxygens (including phenoxy) is 2. The van der Waals surface area contributed by atoms with E-state index in [4.69, 9.17) is 9.47 Å². The Morgan fingerprint density at radius 2 is 1.59 bits per heavy atom. The summed E-state index contributed by atoms with van der Waals surface area (Å²) in [4.78, 5) is 42.5. The highest BCUT2D eigenvalue weighted by molar-refractivity contribution is 5.91. The molecule has 2 aliphatic rings. The average molecular weight is 466 g/mol. The van der Waals surface area contributed by atoms with E-state index in [2.05, 4.69) is 5.32 Å². The summed E-state index contributed by atoms with van der Waals surface area (Å²) in [5.41, 5.74) is 1.84. The van der Waals surface area contributed by atoms with Crippen molar-refractivity contribution in [2.24, 2.45) is 0 Å². The van der Waals surface area contributed by atoms with E-state index in [1.54, 1.807) is 4.90 Å². The van der Waals surface area contributed by atoms with E-state index < -0.39 is 18.2 Å². The molecule has 0 saturated carbocycles. The number of carbonyl (C=O) groups is 3. The fourth-order valence-electron chi connectivity index (χ4n) is 4.38. The van der Waals surface area contributed by atoms with Gasteiger partial charge < -0.3 is 19.7 Å². The van der Waals surface area contributed by atoms with Gasteiger partial charge in [-0.3, -0.25) is 14.5 Å². The van der Waals surface area contributed by atoms with Crippen molar-refractivity contribution in [3.05, 3.63) is 71.8 Å². The molecule has 2 fully saturated rings. The minimum absolute atomic E-state index is 0.128. The Balaban J connectivity index is 1.41. The van der Waals surface area contributed by atoms with Crippen molar-refractivity contribution in [1.29, 1.82) is 0 Å². The molecule has 2 aromatic rings. The normalized spacial score (nSPS) is 18.9. The zero-order chi connectivity index (χ0) is 23.8. The van der Waals surface area contributed by atoms with Crippen molar-refractivity contribution in [3.63, 3.8) is 0 Å². The van der Waals surface area contributed by atoms with Crippen molar-refractivity contribution in [1.82, 2.24) is 15.1 Å². The van der Waals surface area contributed by atoms with Crippen LogP contribution in [-0.2, 0) is 32.1 Å². The van der Waals surface area contributed by atoms with E-state index in [1.165, 1.54) is 4.90 Å². The molecule has 0 spiro atoms. The zero-order valence-corrected chi connectivity index (χ0v) is 19.2. The summed E-state index contributed by atoms with van der Waals surface area (Å²) in [6, 6.07) is 17.7. The summed E-state index contributed by atoms with van der Waals surface area (Å²) in [6.07, 6.45) is 1.11. The molecule has 2 saturated heterocycles. The lowest BCUT2D eigenvalue weighted by Gasteiger charge is -2.32. The third-order valence-corrected chi connectivity index (χ3v) is 6.22. The Morgan fingerprint density at radius 3 is 2.26 bits per heavy atom. The number of nitrogens with one attached hydrogen (secondary N) is 1. The van der Waals surface area contributed by atoms with Crippen LogP contribution in [0.1, 0.15) is 24.0 Å². The van der Waals surface area contributed by atoms with Gasteiger partial charge in [-0.15, -0.1) is 0 Å². The van der Waals surface area contributed by atoms with Gasteiger partial charge in [0, 0.05) is 26.1 Å². The second-order valence-corrected chi connectivity index (χ2v) is 8.58. The molecular formula is C26H31N3O5. The number of nitrogens with zero attached hydrogens (tertiary/aromatic N) is 2. The summed E-state index contributed by atoms with van der Waals surface area (Å²) < 4.78 is 10.8. The Morgan fingerprint density at radius 1 is 0.941 bits per heavy atom. The number of amides is 3. The van der Waals surface area contributed by atoms with Gasteiger partial charge in [-0.2, -0.15) is 0 Å². The number of benzene rings is 2. The first-order chi connectivity index (χ1) is 16.6. The van der Waals surface area contributed by atoms with E-state index >= 15 is 0 Å². The SMILES string of the molecule is O=C(N[C@@H](Cc1ccccc1)C(=O)N1CCOCC1)[C@@H]1CCCN1C(=O)OCc1ccccc1. The molecule has 2 aliphatic heterocycles. The van der Waals surface area contributed by atoms with Crippen LogP contribution in [0.25, 0.3) is 0 Å². The molecular weight excluding hydrogens is 434 g/mol. The number of morpholine rings is 1. The molecule has 0 aromatic heterocycles. The average Bonchev–Trinajstić information content (AvgIpc) is 3.39. The largest absolute Gasteiger partial charge is 0.445 e. The van der Waals surface area contributed by atoms with Crippen LogP contribution in [0.3, 0.4) is 0 Å². The standard InChI is InChI=1S/C26H31N3O5/c30-24(23-12-7-13-29(23)26(32)34-19-21-10-5-2-6-11-21)27-22(18-20-8-3-1-4-9-20)25(31)28-14-16-33-17-15-28/h1-6,8-11,22-23H,7,12-19H2,(H,27,30)/t22-,23-/m0/s1. The van der Waals surface area contributed by atoms with Crippen molar-refractivity contribution in [2.75, 3.05) is 32.8 Å². The topological polar surface area (TPSA) is 88.2 Å². The molecule has 34 heavy (non-hydrogen) atoms. The van der Waals surface area contributed by atoms with Gasteiger partial charge in [0.25, 0.3) is 0 Å². The highest BCUT2D eigenvalue weighted by Crippen LogP contribution is 2.20. The second kappa shape index (κ2) is 11.7. The molecule has 0 unspecified atom stereocenters. The fourth-order valence-corrected chi connectivity index (χ4v) is 4.38. The van der Waals surface area contributed by atoms with E-state index in [0.717, 1.165) is 11.1 Å². The molecule has 8 nitrogen and oxygen atoms in total. The first-order valence-electron chi connectivity index (χ1n) is 11.8. The lowest BCUT2D eigenvalue weighted by Crippen LogP contribution is -2.56. The number of likely N-dealkylation sites (tertiary alicyclic amines) is 1. The molecule has 0 aliphatic carbocycles. The third-order valence-electron chi connectivity index (χ3n) is 6.22. The highest BCUT2D eigenvalue weighted by Gasteiger charge is 2.37. The first kappa shape index (κ1) is 23.8. The Hall–Kier alpha value is -3.39. The maximum absolute atomic E-state index is 13.3. The van der Waals surface area contributed by atoms with Gasteiger partial charge in [-0.05, 0) is 24.0 Å². The minimum Gasteiger partial charge on any atom is -0.445 e. The Bertz CT molecular complexity index is 963. The fraction of sp³-hybridized carbons (Fsp3) is 0.423. The molecule has 3 amide bonds. The summed E-state index contributed by atoms with van der Waals surface area (Å²) in [5, 5.41) is 2.94. The highest BCUT2D eigenvalue weighted by atomic mass is 16.6. The molecule has 2 atom stereocenters. The molecule has 180 valence electrons. The van der Waals surface area contributed by atoms with Gasteiger partial charge in [-0.1, -0.05) is 60.7 Å². The van der Waals surface area contributed by atoms with Crippen LogP contribution >= 0.6 is 0 Å². The van der Waals surface area contributed by atoms with Crippen molar-refractivity contribution >= 4 is 17.9 Å². The predicted molar refractivity (Wildman–Crippen MR) is 126 cm³/mol. The van der Waals surface area contributed by atoms with Crippen molar-refractivity contribution in [2.45, 2.75) is 38.0 Å². The first-order valence-corrected chi connectivity index (χ1v) is 11.8. The Labute approximate surface area is 199 Å². The zero-order valence-electron chi connectivity index (χ0n) is 19.2. The van der Waals surface area contributed by atoms with Crippen LogP contribution in [-0.4, -0.2) is 72.6 Å². The molecule has 2 aromatic carbocycles. The molecule has 4 rings (SSSR count). The van der Waals surface area contributed by atoms with Gasteiger partial charge in [0.1, 0.15) is 18.7 Å². The quantitative estimate of drug-likeness (QED) is 0.678. The van der Waals surface area contributed by atoms with E-state index in [1.807, 2.05) is 60.7 Å². The van der Waals surface area contributed by atoms with E-state index in [9.17, 15) is 14.4 Å². The smallest absolute Gasteiger partial charge is 0.410 e. The Kier molecular flexibility index (Phi) is 8.14. The van der Waals surface area contributed by atoms with E-state index in [0.29, 0.717) is 52.1 Å². The van der Waals surface area contributed by atoms with Crippen molar-refractivity contribution < 1.29 is 23.9 Å². The number of rotatable bonds is 7. The van der Waals surface area contributed by atoms with Crippen LogP contribution in [0.5, 0.6) is 0 Å². The number of carbonyl (C=O) groups excluding carboxylic acids is 3. The lowest BCUT2D eigenvalue weighted by atomic mass is 10.0. The van der Waals surface area contributed by atoms with Crippen LogP contribution in [0.2, 0.25) is 0 Å². The van der Waals surface area contributed by atoms with Crippen LogP contribution < -0.4 is 5.32 Å². The van der Waals surface area contributed by atoms with Gasteiger partial charge in [-0.25, -0.2) is 4.79 Å². The summed E-state index contributed by atoms with van der Waals surface area (Å²) in [5.74, 6) is -0.451. The molecule has 2 heterocycles. The van der Waals surface area contributed by atoms with Crippen LogP contribution in [0, 0.1) is 0 Å². The van der Waals surface area contributed by atoms with Crippen LogP contribution in [0.4, 0.5) is 4.79 Å². The third kappa shape index (κ3) is 6.14. The van der Waals surface area contributed by atoms with Gasteiger partial charge >= 0.3 is 6.09 Å². The number of hydrogen-bond donors (Lipinski definition) is 1. The molecule has 8 heteroatoms. The van der Waals surface area contributed by atoms with Gasteiger partial charge in [0.15, 0.2) is 0 Å². The predicted octanol–water partition coefficient (Wildman–Crippen LogP) is 2.37. The molecule has 0 radical (unpaired) electrons. The maximum Gasteiger partial charge on any atom is 0.410 e. The second-order valence-electron chi connectivity index (χ2n) is 8.58. The summed E-state index contributed by atoms with van der Waals surface area (Å²) >= 11 is 0. The van der Waals surface area contributed by atoms with Crippen LogP contribution in [0.15, 0.2) is 60.7 Å². The number of hydrogen-bond acceptors (Lipinski definition) is 5. The van der Waals surface area contributed by atoms with Crippen molar-refractivity contribution in [3.8, 4) is 0 Å². The monoisotopic (exact) mass is 465 g/mol. The maximum atomic E-state index is 13.3. The minimum atomic E-state index is -0.712. The van der Waals surface area contributed by atoms with E-state index in [-0.39, 0.29) is 18.4 Å². The van der Waals surface area contributed by atoms with Gasteiger partial charge in [0.2, 0.25) is 11.8 Å². The lowest BCUT2D eigenvalue weighted by molar-refractivity contribution is -0.140. The summed E-state index contributed by atoms with van der Waals surface area (Å²) in [6.45, 7) is 2.58. The molecule has 0 bridgehead atoms. The molecule has 1 N–H and O–H groups in total. The summed E-state index contributed by atoms with van der Waals surface area (Å²) in [7, 11) is 0.